The molecule has 0 spiro atoms. The van der Waals surface area contributed by atoms with Gasteiger partial charge in [0, 0.05) is 30.4 Å². The van der Waals surface area contributed by atoms with Crippen LogP contribution in [0.2, 0.25) is 0 Å². The Morgan fingerprint density at radius 1 is 0.933 bits per heavy atom. The largest absolute Gasteiger partial charge is 0.490 e. The molecular weight excluding hydrogens is 568 g/mol. The summed E-state index contributed by atoms with van der Waals surface area (Å²) in [5.41, 5.74) is 5.86. The van der Waals surface area contributed by atoms with Crippen LogP contribution in [-0.2, 0) is 17.6 Å². The van der Waals surface area contributed by atoms with Crippen molar-refractivity contribution in [3.8, 4) is 34.0 Å². The summed E-state index contributed by atoms with van der Waals surface area (Å²) in [6, 6.07) is 23.5. The first-order valence-corrected chi connectivity index (χ1v) is 15.6. The standard InChI is InChI=1S/C36H38N4O5/c1-5-8-33-32(21-25-11-13-26(14-12-25)30-9-6-7-10-31(30)34-38-36(42)45-39-34)35(41)40(24(4)37-33)27-15-17-28(18-16-27)44-29-19-22(2)43-23(3)20-29/h6-7,9-18,22-23,29H,5,8,19-21H2,1-4H3,(H,38,39,42). The molecule has 1 N–H and O–H groups in total. The van der Waals surface area contributed by atoms with Crippen molar-refractivity contribution in [2.24, 2.45) is 0 Å². The summed E-state index contributed by atoms with van der Waals surface area (Å²) in [5.74, 6) is 1.22. The monoisotopic (exact) mass is 606 g/mol. The van der Waals surface area contributed by atoms with Crippen molar-refractivity contribution in [2.45, 2.75) is 78.1 Å². The molecule has 9 heteroatoms. The second-order valence-corrected chi connectivity index (χ2v) is 11.8. The molecule has 5 aromatic rings. The van der Waals surface area contributed by atoms with Crippen molar-refractivity contribution in [1.29, 1.82) is 0 Å². The lowest BCUT2D eigenvalue weighted by Gasteiger charge is -2.32. The van der Waals surface area contributed by atoms with Gasteiger partial charge < -0.3 is 9.47 Å². The van der Waals surface area contributed by atoms with E-state index in [1.165, 1.54) is 0 Å². The number of aromatic nitrogens is 4. The van der Waals surface area contributed by atoms with Crippen molar-refractivity contribution in [3.63, 3.8) is 0 Å². The molecule has 6 rings (SSSR count). The number of H-pyrrole nitrogens is 1. The van der Waals surface area contributed by atoms with E-state index >= 15 is 0 Å². The highest BCUT2D eigenvalue weighted by molar-refractivity contribution is 5.80. The van der Waals surface area contributed by atoms with Gasteiger partial charge in [0.15, 0.2) is 5.82 Å². The number of aryl methyl sites for hydroxylation is 2. The van der Waals surface area contributed by atoms with Crippen molar-refractivity contribution >= 4 is 0 Å². The molecule has 2 unspecified atom stereocenters. The van der Waals surface area contributed by atoms with Gasteiger partial charge in [-0.15, -0.1) is 0 Å². The first kappa shape index (κ1) is 30.3. The molecular formula is C36H38N4O5. The fourth-order valence-corrected chi connectivity index (χ4v) is 6.24. The summed E-state index contributed by atoms with van der Waals surface area (Å²) in [6.07, 6.45) is 4.22. The smallest absolute Gasteiger partial charge is 0.439 e. The predicted molar refractivity (Wildman–Crippen MR) is 173 cm³/mol. The van der Waals surface area contributed by atoms with Gasteiger partial charge in [-0.1, -0.05) is 67.0 Å². The normalized spacial score (nSPS) is 18.2. The van der Waals surface area contributed by atoms with Crippen LogP contribution in [-0.4, -0.2) is 38.0 Å². The molecule has 1 fully saturated rings. The molecule has 232 valence electrons. The number of hydrogen-bond acceptors (Lipinski definition) is 7. The fourth-order valence-electron chi connectivity index (χ4n) is 6.24. The molecule has 2 aromatic heterocycles. The highest BCUT2D eigenvalue weighted by Gasteiger charge is 2.26. The zero-order valence-electron chi connectivity index (χ0n) is 26.1. The van der Waals surface area contributed by atoms with E-state index in [4.69, 9.17) is 19.0 Å². The van der Waals surface area contributed by atoms with E-state index in [1.807, 2.05) is 79.7 Å². The van der Waals surface area contributed by atoms with E-state index in [0.717, 1.165) is 65.1 Å². The van der Waals surface area contributed by atoms with Gasteiger partial charge in [-0.05, 0) is 68.1 Å². The number of rotatable bonds is 9. The van der Waals surface area contributed by atoms with Crippen LogP contribution >= 0.6 is 0 Å². The minimum absolute atomic E-state index is 0.0592. The Kier molecular flexibility index (Phi) is 8.80. The van der Waals surface area contributed by atoms with E-state index < -0.39 is 5.76 Å². The maximum absolute atomic E-state index is 14.1. The molecule has 9 nitrogen and oxygen atoms in total. The molecule has 0 radical (unpaired) electrons. The molecule has 0 amide bonds. The Hall–Kier alpha value is -4.76. The van der Waals surface area contributed by atoms with E-state index in [2.05, 4.69) is 30.9 Å². The van der Waals surface area contributed by atoms with Gasteiger partial charge in [0.1, 0.15) is 17.7 Å². The Bertz CT molecular complexity index is 1880. The third-order valence-corrected chi connectivity index (χ3v) is 8.24. The van der Waals surface area contributed by atoms with Gasteiger partial charge in [-0.3, -0.25) is 18.9 Å². The minimum atomic E-state index is -0.598. The molecule has 0 aliphatic carbocycles. The number of nitrogens with one attached hydrogen (secondary N) is 1. The van der Waals surface area contributed by atoms with E-state index in [0.29, 0.717) is 23.6 Å². The van der Waals surface area contributed by atoms with Gasteiger partial charge in [-0.25, -0.2) is 9.78 Å². The molecule has 2 atom stereocenters. The Morgan fingerprint density at radius 3 is 2.27 bits per heavy atom. The zero-order valence-corrected chi connectivity index (χ0v) is 26.1. The molecule has 45 heavy (non-hydrogen) atoms. The lowest BCUT2D eigenvalue weighted by molar-refractivity contribution is -0.0721. The van der Waals surface area contributed by atoms with Crippen LogP contribution in [0.1, 0.15) is 62.7 Å². The van der Waals surface area contributed by atoms with E-state index in [9.17, 15) is 9.59 Å². The van der Waals surface area contributed by atoms with Crippen molar-refractivity contribution in [2.75, 3.05) is 0 Å². The lowest BCUT2D eigenvalue weighted by atomic mass is 9.96. The highest BCUT2D eigenvalue weighted by Crippen LogP contribution is 2.30. The quantitative estimate of drug-likeness (QED) is 0.206. The van der Waals surface area contributed by atoms with Crippen LogP contribution in [0.15, 0.2) is 86.9 Å². The lowest BCUT2D eigenvalue weighted by Crippen LogP contribution is -2.35. The van der Waals surface area contributed by atoms with Crippen LogP contribution < -0.4 is 16.1 Å². The van der Waals surface area contributed by atoms with Crippen molar-refractivity contribution in [1.82, 2.24) is 19.7 Å². The van der Waals surface area contributed by atoms with Crippen LogP contribution in [0, 0.1) is 6.92 Å². The third kappa shape index (κ3) is 6.68. The summed E-state index contributed by atoms with van der Waals surface area (Å²) in [6.45, 7) is 8.14. The third-order valence-electron chi connectivity index (χ3n) is 8.24. The average Bonchev–Trinajstić information content (AvgIpc) is 3.46. The zero-order chi connectivity index (χ0) is 31.5. The van der Waals surface area contributed by atoms with Crippen molar-refractivity contribution in [3.05, 3.63) is 116 Å². The number of benzene rings is 3. The van der Waals surface area contributed by atoms with Crippen molar-refractivity contribution < 1.29 is 14.0 Å². The molecule has 3 heterocycles. The molecule has 1 aliphatic heterocycles. The average molecular weight is 607 g/mol. The van der Waals surface area contributed by atoms with E-state index in [-0.39, 0.29) is 23.9 Å². The van der Waals surface area contributed by atoms with Crippen LogP contribution in [0.4, 0.5) is 0 Å². The van der Waals surface area contributed by atoms with Gasteiger partial charge in [-0.2, -0.15) is 0 Å². The maximum Gasteiger partial charge on any atom is 0.439 e. The first-order chi connectivity index (χ1) is 21.8. The number of hydrogen-bond donors (Lipinski definition) is 1. The Morgan fingerprint density at radius 2 is 1.62 bits per heavy atom. The highest BCUT2D eigenvalue weighted by atomic mass is 16.5. The van der Waals surface area contributed by atoms with Gasteiger partial charge in [0.25, 0.3) is 5.56 Å². The summed E-state index contributed by atoms with van der Waals surface area (Å²) in [7, 11) is 0. The van der Waals surface area contributed by atoms with Crippen LogP contribution in [0.3, 0.4) is 0 Å². The van der Waals surface area contributed by atoms with E-state index in [1.54, 1.807) is 4.57 Å². The predicted octanol–water partition coefficient (Wildman–Crippen LogP) is 6.43. The summed E-state index contributed by atoms with van der Waals surface area (Å²) in [4.78, 5) is 33.2. The van der Waals surface area contributed by atoms with Gasteiger partial charge in [0.05, 0.1) is 23.6 Å². The minimum Gasteiger partial charge on any atom is -0.490 e. The second-order valence-electron chi connectivity index (χ2n) is 11.8. The first-order valence-electron chi connectivity index (χ1n) is 15.6. The summed E-state index contributed by atoms with van der Waals surface area (Å²) in [5, 5.41) is 3.86. The van der Waals surface area contributed by atoms with Crippen LogP contribution in [0.25, 0.3) is 28.2 Å². The summed E-state index contributed by atoms with van der Waals surface area (Å²) < 4.78 is 18.5. The topological polar surface area (TPSA) is 112 Å². The van der Waals surface area contributed by atoms with Gasteiger partial charge >= 0.3 is 5.76 Å². The second kappa shape index (κ2) is 13.1. The molecule has 0 bridgehead atoms. The number of ether oxygens (including phenoxy) is 2. The Balaban J connectivity index is 1.27. The number of nitrogens with zero attached hydrogens (tertiary/aromatic N) is 3. The molecule has 3 aromatic carbocycles. The van der Waals surface area contributed by atoms with Gasteiger partial charge in [0.2, 0.25) is 0 Å². The number of aromatic amines is 1. The van der Waals surface area contributed by atoms with Crippen LogP contribution in [0.5, 0.6) is 5.75 Å². The molecule has 1 aliphatic rings. The molecule has 1 saturated heterocycles. The fraction of sp³-hybridized carbons (Fsp3) is 0.333. The maximum atomic E-state index is 14.1. The summed E-state index contributed by atoms with van der Waals surface area (Å²) >= 11 is 0. The SMILES string of the molecule is CCCc1nc(C)n(-c2ccc(OC3CC(C)OC(C)C3)cc2)c(=O)c1Cc1ccc(-c2ccccc2-c2noc(=O)[nH]2)cc1. The molecule has 0 saturated carbocycles. The Labute approximate surface area is 261 Å².